The Labute approximate surface area is 95.3 Å². The summed E-state index contributed by atoms with van der Waals surface area (Å²) in [5, 5.41) is 8.82. The molecule has 1 saturated carbocycles. The van der Waals surface area contributed by atoms with Gasteiger partial charge in [-0.25, -0.2) is 0 Å². The number of nitrogens with one attached hydrogen (secondary N) is 3. The molecular formula is C11H19N3O2. The van der Waals surface area contributed by atoms with Crippen LogP contribution in [-0.2, 0) is 9.59 Å². The van der Waals surface area contributed by atoms with Crippen molar-refractivity contribution in [2.75, 3.05) is 26.2 Å². The van der Waals surface area contributed by atoms with E-state index in [1.165, 1.54) is 0 Å². The first-order valence-electron chi connectivity index (χ1n) is 6.03. The van der Waals surface area contributed by atoms with Crippen LogP contribution < -0.4 is 16.0 Å². The third-order valence-electron chi connectivity index (χ3n) is 3.10. The van der Waals surface area contributed by atoms with E-state index in [9.17, 15) is 9.59 Å². The van der Waals surface area contributed by atoms with Crippen molar-refractivity contribution >= 4 is 11.8 Å². The standard InChI is InChI=1S/C11H19N3O2/c15-10(8-1-2-8)13-5-6-14-11(16)9-3-4-12-7-9/h8-9,12H,1-7H2,(H,13,15)(H,14,16). The van der Waals surface area contributed by atoms with E-state index in [1.807, 2.05) is 0 Å². The van der Waals surface area contributed by atoms with Crippen molar-refractivity contribution in [3.8, 4) is 0 Å². The summed E-state index contributed by atoms with van der Waals surface area (Å²) in [4.78, 5) is 22.8. The lowest BCUT2D eigenvalue weighted by atomic mass is 10.1. The van der Waals surface area contributed by atoms with E-state index < -0.39 is 0 Å². The molecule has 0 aromatic rings. The van der Waals surface area contributed by atoms with Crippen LogP contribution in [-0.4, -0.2) is 38.0 Å². The molecule has 5 heteroatoms. The Balaban J connectivity index is 1.53. The highest BCUT2D eigenvalue weighted by molar-refractivity contribution is 5.81. The summed E-state index contributed by atoms with van der Waals surface area (Å²) < 4.78 is 0. The van der Waals surface area contributed by atoms with Crippen LogP contribution in [0.15, 0.2) is 0 Å². The minimum atomic E-state index is 0.102. The Morgan fingerprint density at radius 3 is 2.12 bits per heavy atom. The fraction of sp³-hybridized carbons (Fsp3) is 0.818. The smallest absolute Gasteiger partial charge is 0.224 e. The summed E-state index contributed by atoms with van der Waals surface area (Å²) in [6.07, 6.45) is 2.96. The Hall–Kier alpha value is -1.10. The van der Waals surface area contributed by atoms with E-state index in [-0.39, 0.29) is 23.7 Å². The van der Waals surface area contributed by atoms with Gasteiger partial charge in [-0.15, -0.1) is 0 Å². The van der Waals surface area contributed by atoms with Crippen molar-refractivity contribution in [2.45, 2.75) is 19.3 Å². The fourth-order valence-corrected chi connectivity index (χ4v) is 1.88. The molecule has 1 heterocycles. The Morgan fingerprint density at radius 2 is 1.62 bits per heavy atom. The van der Waals surface area contributed by atoms with Gasteiger partial charge < -0.3 is 16.0 Å². The maximum atomic E-state index is 11.6. The van der Waals surface area contributed by atoms with Gasteiger partial charge in [-0.2, -0.15) is 0 Å². The highest BCUT2D eigenvalue weighted by Crippen LogP contribution is 2.28. The summed E-state index contributed by atoms with van der Waals surface area (Å²) in [7, 11) is 0. The van der Waals surface area contributed by atoms with Crippen LogP contribution in [0.5, 0.6) is 0 Å². The van der Waals surface area contributed by atoms with Gasteiger partial charge in [0.1, 0.15) is 0 Å². The highest BCUT2D eigenvalue weighted by atomic mass is 16.2. The maximum absolute atomic E-state index is 11.6. The molecule has 5 nitrogen and oxygen atoms in total. The zero-order valence-corrected chi connectivity index (χ0v) is 9.42. The predicted molar refractivity (Wildman–Crippen MR) is 59.7 cm³/mol. The second kappa shape index (κ2) is 5.30. The molecule has 2 rings (SSSR count). The lowest BCUT2D eigenvalue weighted by Crippen LogP contribution is -2.38. The molecule has 1 aliphatic carbocycles. The first-order chi connectivity index (χ1) is 7.77. The molecular weight excluding hydrogens is 206 g/mol. The molecule has 2 aliphatic rings. The van der Waals surface area contributed by atoms with Crippen LogP contribution in [0.2, 0.25) is 0 Å². The molecule has 0 spiro atoms. The van der Waals surface area contributed by atoms with E-state index in [2.05, 4.69) is 16.0 Å². The fourth-order valence-electron chi connectivity index (χ4n) is 1.88. The molecule has 90 valence electrons. The van der Waals surface area contributed by atoms with Gasteiger partial charge in [0.15, 0.2) is 0 Å². The molecule has 0 radical (unpaired) electrons. The van der Waals surface area contributed by atoms with E-state index >= 15 is 0 Å². The van der Waals surface area contributed by atoms with Gasteiger partial charge in [-0.05, 0) is 25.8 Å². The van der Waals surface area contributed by atoms with Gasteiger partial charge in [0.05, 0.1) is 5.92 Å². The van der Waals surface area contributed by atoms with Crippen molar-refractivity contribution < 1.29 is 9.59 Å². The Kier molecular flexibility index (Phi) is 3.77. The van der Waals surface area contributed by atoms with Crippen molar-refractivity contribution in [1.29, 1.82) is 0 Å². The van der Waals surface area contributed by atoms with Crippen LogP contribution >= 0.6 is 0 Å². The number of carbonyl (C=O) groups is 2. The first kappa shape index (κ1) is 11.4. The van der Waals surface area contributed by atoms with Crippen LogP contribution in [0.1, 0.15) is 19.3 Å². The third kappa shape index (κ3) is 3.20. The van der Waals surface area contributed by atoms with Gasteiger partial charge in [0, 0.05) is 25.6 Å². The third-order valence-corrected chi connectivity index (χ3v) is 3.10. The minimum Gasteiger partial charge on any atom is -0.354 e. The number of amides is 2. The summed E-state index contributed by atoms with van der Waals surface area (Å²) in [6.45, 7) is 2.78. The van der Waals surface area contributed by atoms with E-state index in [4.69, 9.17) is 0 Å². The zero-order chi connectivity index (χ0) is 11.4. The molecule has 0 aromatic carbocycles. The zero-order valence-electron chi connectivity index (χ0n) is 9.42. The number of hydrogen-bond donors (Lipinski definition) is 3. The monoisotopic (exact) mass is 225 g/mol. The van der Waals surface area contributed by atoms with Gasteiger partial charge >= 0.3 is 0 Å². The summed E-state index contributed by atoms with van der Waals surface area (Å²) in [5.41, 5.74) is 0. The Morgan fingerprint density at radius 1 is 1.00 bits per heavy atom. The highest BCUT2D eigenvalue weighted by Gasteiger charge is 2.29. The minimum absolute atomic E-state index is 0.102. The van der Waals surface area contributed by atoms with Crippen molar-refractivity contribution in [3.63, 3.8) is 0 Å². The van der Waals surface area contributed by atoms with Crippen molar-refractivity contribution in [2.24, 2.45) is 11.8 Å². The average Bonchev–Trinajstić information content (AvgIpc) is 2.99. The predicted octanol–water partition coefficient (Wildman–Crippen LogP) is -0.762. The van der Waals surface area contributed by atoms with E-state index in [0.717, 1.165) is 32.4 Å². The lowest BCUT2D eigenvalue weighted by molar-refractivity contribution is -0.125. The van der Waals surface area contributed by atoms with Crippen LogP contribution in [0.25, 0.3) is 0 Å². The lowest BCUT2D eigenvalue weighted by Gasteiger charge is -2.10. The SMILES string of the molecule is O=C(NCCNC(=O)C1CCNC1)C1CC1. The normalized spacial score (nSPS) is 24.1. The molecule has 1 saturated heterocycles. The van der Waals surface area contributed by atoms with Crippen LogP contribution in [0.3, 0.4) is 0 Å². The van der Waals surface area contributed by atoms with E-state index in [0.29, 0.717) is 13.1 Å². The average molecular weight is 225 g/mol. The molecule has 3 N–H and O–H groups in total. The number of rotatable bonds is 5. The van der Waals surface area contributed by atoms with Gasteiger partial charge in [0.25, 0.3) is 0 Å². The molecule has 1 unspecified atom stereocenters. The van der Waals surface area contributed by atoms with E-state index in [1.54, 1.807) is 0 Å². The topological polar surface area (TPSA) is 70.2 Å². The second-order valence-electron chi connectivity index (χ2n) is 4.55. The number of hydrogen-bond acceptors (Lipinski definition) is 3. The first-order valence-corrected chi connectivity index (χ1v) is 6.03. The van der Waals surface area contributed by atoms with Crippen molar-refractivity contribution in [3.05, 3.63) is 0 Å². The molecule has 0 aromatic heterocycles. The number of carbonyl (C=O) groups excluding carboxylic acids is 2. The van der Waals surface area contributed by atoms with Crippen LogP contribution in [0, 0.1) is 11.8 Å². The second-order valence-corrected chi connectivity index (χ2v) is 4.55. The van der Waals surface area contributed by atoms with Gasteiger partial charge in [-0.3, -0.25) is 9.59 Å². The summed E-state index contributed by atoms with van der Waals surface area (Å²) >= 11 is 0. The molecule has 2 amide bonds. The molecule has 16 heavy (non-hydrogen) atoms. The molecule has 1 atom stereocenters. The Bertz CT molecular complexity index is 270. The molecule has 0 bridgehead atoms. The molecule has 2 fully saturated rings. The van der Waals surface area contributed by atoms with Gasteiger partial charge in [-0.1, -0.05) is 0 Å². The maximum Gasteiger partial charge on any atom is 0.224 e. The van der Waals surface area contributed by atoms with Crippen molar-refractivity contribution in [1.82, 2.24) is 16.0 Å². The molecule has 1 aliphatic heterocycles. The summed E-state index contributed by atoms with van der Waals surface area (Å²) in [6, 6.07) is 0. The largest absolute Gasteiger partial charge is 0.354 e. The summed E-state index contributed by atoms with van der Waals surface area (Å²) in [5.74, 6) is 0.594. The van der Waals surface area contributed by atoms with Gasteiger partial charge in [0.2, 0.25) is 11.8 Å². The quantitative estimate of drug-likeness (QED) is 0.539. The van der Waals surface area contributed by atoms with Crippen LogP contribution in [0.4, 0.5) is 0 Å².